The molecule has 0 aromatic rings. The molecule has 0 spiro atoms. The summed E-state index contributed by atoms with van der Waals surface area (Å²) < 4.78 is 0. The molecule has 5 nitrogen and oxygen atoms in total. The molecular formula is C13H25N3O2. The fourth-order valence-corrected chi connectivity index (χ4v) is 3.23. The number of urea groups is 1. The number of carbonyl (C=O) groups is 1. The van der Waals surface area contributed by atoms with Crippen LogP contribution in [0.1, 0.15) is 39.0 Å². The van der Waals surface area contributed by atoms with Gasteiger partial charge in [0.25, 0.3) is 0 Å². The molecule has 0 saturated carbocycles. The Hall–Kier alpha value is -0.810. The molecule has 2 saturated heterocycles. The minimum Gasteiger partial charge on any atom is -0.394 e. The van der Waals surface area contributed by atoms with Crippen molar-refractivity contribution in [3.8, 4) is 0 Å². The summed E-state index contributed by atoms with van der Waals surface area (Å²) in [5.74, 6) is 0. The van der Waals surface area contributed by atoms with Crippen molar-refractivity contribution in [2.75, 3.05) is 13.7 Å². The average molecular weight is 255 g/mol. The van der Waals surface area contributed by atoms with Crippen molar-refractivity contribution in [3.05, 3.63) is 0 Å². The Balaban J connectivity index is 1.82. The first kappa shape index (κ1) is 13.6. The maximum absolute atomic E-state index is 11.7. The van der Waals surface area contributed by atoms with Crippen LogP contribution in [0, 0.1) is 0 Å². The number of amides is 2. The topological polar surface area (TPSA) is 64.6 Å². The Bertz CT molecular complexity index is 284. The number of fused-ring (bicyclic) bond motifs is 2. The van der Waals surface area contributed by atoms with Crippen LogP contribution in [0.25, 0.3) is 0 Å². The maximum Gasteiger partial charge on any atom is 0.315 e. The molecule has 0 aromatic heterocycles. The van der Waals surface area contributed by atoms with E-state index in [1.54, 1.807) is 6.92 Å². The lowest BCUT2D eigenvalue weighted by atomic mass is 9.82. The van der Waals surface area contributed by atoms with Crippen molar-refractivity contribution < 1.29 is 9.90 Å². The lowest BCUT2D eigenvalue weighted by Gasteiger charge is -2.47. The van der Waals surface area contributed by atoms with Gasteiger partial charge in [-0.25, -0.2) is 4.79 Å². The van der Waals surface area contributed by atoms with Crippen molar-refractivity contribution in [1.82, 2.24) is 15.5 Å². The van der Waals surface area contributed by atoms with Crippen LogP contribution in [-0.4, -0.2) is 53.9 Å². The summed E-state index contributed by atoms with van der Waals surface area (Å²) in [7, 11) is 2.21. The fourth-order valence-electron chi connectivity index (χ4n) is 3.23. The van der Waals surface area contributed by atoms with Crippen molar-refractivity contribution in [1.29, 1.82) is 0 Å². The lowest BCUT2D eigenvalue weighted by molar-refractivity contribution is 0.0507. The van der Waals surface area contributed by atoms with Crippen molar-refractivity contribution >= 4 is 6.03 Å². The molecule has 0 radical (unpaired) electrons. The van der Waals surface area contributed by atoms with E-state index in [4.69, 9.17) is 5.11 Å². The van der Waals surface area contributed by atoms with E-state index in [1.165, 1.54) is 19.3 Å². The quantitative estimate of drug-likeness (QED) is 0.695. The van der Waals surface area contributed by atoms with Crippen LogP contribution in [0.3, 0.4) is 0 Å². The smallest absolute Gasteiger partial charge is 0.315 e. The highest BCUT2D eigenvalue weighted by Crippen LogP contribution is 2.32. The summed E-state index contributed by atoms with van der Waals surface area (Å²) in [5.41, 5.74) is 0. The molecule has 3 atom stereocenters. The second-order valence-corrected chi connectivity index (χ2v) is 5.77. The zero-order valence-electron chi connectivity index (χ0n) is 11.4. The molecular weight excluding hydrogens is 230 g/mol. The van der Waals surface area contributed by atoms with Crippen molar-refractivity contribution in [3.63, 3.8) is 0 Å². The summed E-state index contributed by atoms with van der Waals surface area (Å²) in [6.07, 6.45) is 5.92. The van der Waals surface area contributed by atoms with E-state index < -0.39 is 0 Å². The van der Waals surface area contributed by atoms with Gasteiger partial charge in [-0.2, -0.15) is 0 Å². The fraction of sp³-hybridized carbons (Fsp3) is 0.923. The minimum atomic E-state index is -0.184. The third-order valence-corrected chi connectivity index (χ3v) is 4.33. The third kappa shape index (κ3) is 3.14. The Kier molecular flexibility index (Phi) is 4.45. The van der Waals surface area contributed by atoms with Gasteiger partial charge in [0.15, 0.2) is 0 Å². The van der Waals surface area contributed by atoms with E-state index in [0.717, 1.165) is 12.8 Å². The number of aliphatic hydroxyl groups is 1. The van der Waals surface area contributed by atoms with E-state index in [1.807, 2.05) is 0 Å². The summed E-state index contributed by atoms with van der Waals surface area (Å²) in [5, 5.41) is 14.7. The van der Waals surface area contributed by atoms with Crippen LogP contribution >= 0.6 is 0 Å². The van der Waals surface area contributed by atoms with E-state index in [2.05, 4.69) is 22.6 Å². The van der Waals surface area contributed by atoms with Gasteiger partial charge < -0.3 is 20.6 Å². The summed E-state index contributed by atoms with van der Waals surface area (Å²) in [6.45, 7) is 1.77. The molecule has 18 heavy (non-hydrogen) atoms. The monoisotopic (exact) mass is 255 g/mol. The Morgan fingerprint density at radius 2 is 2.00 bits per heavy atom. The number of nitrogens with one attached hydrogen (secondary N) is 2. The molecule has 2 aliphatic rings. The molecule has 2 fully saturated rings. The highest BCUT2D eigenvalue weighted by molar-refractivity contribution is 5.74. The standard InChI is InChI=1S/C13H25N3O2/c1-9(8-17)14-13(18)15-10-6-11-4-3-5-12(7-10)16(11)2/h9-12,17H,3-8H2,1-2H3,(H2,14,15,18). The van der Waals surface area contributed by atoms with Crippen LogP contribution < -0.4 is 10.6 Å². The van der Waals surface area contributed by atoms with Crippen molar-refractivity contribution in [2.24, 2.45) is 0 Å². The Morgan fingerprint density at radius 3 is 2.56 bits per heavy atom. The van der Waals surface area contributed by atoms with Gasteiger partial charge in [-0.15, -0.1) is 0 Å². The largest absolute Gasteiger partial charge is 0.394 e. The zero-order valence-corrected chi connectivity index (χ0v) is 11.4. The number of hydrogen-bond acceptors (Lipinski definition) is 3. The van der Waals surface area contributed by atoms with E-state index in [-0.39, 0.29) is 24.7 Å². The minimum absolute atomic E-state index is 0.0218. The molecule has 0 aliphatic carbocycles. The molecule has 2 rings (SSSR count). The Labute approximate surface area is 109 Å². The predicted molar refractivity (Wildman–Crippen MR) is 70.4 cm³/mol. The molecule has 0 aromatic carbocycles. The number of aliphatic hydroxyl groups excluding tert-OH is 1. The molecule has 2 bridgehead atoms. The van der Waals surface area contributed by atoms with Gasteiger partial charge in [0.2, 0.25) is 0 Å². The molecule has 3 unspecified atom stereocenters. The molecule has 2 heterocycles. The van der Waals surface area contributed by atoms with Gasteiger partial charge in [-0.1, -0.05) is 6.42 Å². The van der Waals surface area contributed by atoms with Crippen molar-refractivity contribution in [2.45, 2.75) is 63.2 Å². The lowest BCUT2D eigenvalue weighted by Crippen LogP contribution is -2.57. The number of carbonyl (C=O) groups excluding carboxylic acids is 1. The second-order valence-electron chi connectivity index (χ2n) is 5.77. The third-order valence-electron chi connectivity index (χ3n) is 4.33. The number of hydrogen-bond donors (Lipinski definition) is 3. The number of nitrogens with zero attached hydrogens (tertiary/aromatic N) is 1. The SMILES string of the molecule is CC(CO)NC(=O)NC1CC2CCCC(C1)N2C. The molecule has 104 valence electrons. The summed E-state index contributed by atoms with van der Waals surface area (Å²) in [4.78, 5) is 14.2. The van der Waals surface area contributed by atoms with Gasteiger partial charge in [0.05, 0.1) is 12.6 Å². The van der Waals surface area contributed by atoms with Crippen LogP contribution in [0.4, 0.5) is 4.79 Å². The first-order valence-electron chi connectivity index (χ1n) is 7.00. The van der Waals surface area contributed by atoms with Crippen LogP contribution in [0.5, 0.6) is 0 Å². The first-order valence-corrected chi connectivity index (χ1v) is 7.00. The number of rotatable bonds is 3. The molecule has 2 amide bonds. The predicted octanol–water partition coefficient (Wildman–Crippen LogP) is 0.682. The van der Waals surface area contributed by atoms with E-state index in [9.17, 15) is 4.79 Å². The van der Waals surface area contributed by atoms with Crippen LogP contribution in [0.15, 0.2) is 0 Å². The average Bonchev–Trinajstić information content (AvgIpc) is 2.30. The van der Waals surface area contributed by atoms with E-state index >= 15 is 0 Å². The van der Waals surface area contributed by atoms with Crippen LogP contribution in [-0.2, 0) is 0 Å². The first-order chi connectivity index (χ1) is 8.60. The number of piperidine rings is 2. The zero-order chi connectivity index (χ0) is 13.1. The summed E-state index contributed by atoms with van der Waals surface area (Å²) >= 11 is 0. The van der Waals surface area contributed by atoms with Gasteiger partial charge in [0, 0.05) is 18.1 Å². The molecule has 3 N–H and O–H groups in total. The maximum atomic E-state index is 11.7. The van der Waals surface area contributed by atoms with Gasteiger partial charge in [-0.3, -0.25) is 0 Å². The van der Waals surface area contributed by atoms with E-state index in [0.29, 0.717) is 12.1 Å². The van der Waals surface area contributed by atoms with Gasteiger partial charge in [0.1, 0.15) is 0 Å². The Morgan fingerprint density at radius 1 is 1.39 bits per heavy atom. The molecule has 2 aliphatic heterocycles. The highest BCUT2D eigenvalue weighted by Gasteiger charge is 2.36. The summed E-state index contributed by atoms with van der Waals surface area (Å²) in [6, 6.07) is 1.19. The van der Waals surface area contributed by atoms with Gasteiger partial charge >= 0.3 is 6.03 Å². The van der Waals surface area contributed by atoms with Gasteiger partial charge in [-0.05, 0) is 39.7 Å². The second kappa shape index (κ2) is 5.89. The molecule has 5 heteroatoms. The normalized spacial score (nSPS) is 33.8. The van der Waals surface area contributed by atoms with Crippen LogP contribution in [0.2, 0.25) is 0 Å². The highest BCUT2D eigenvalue weighted by atomic mass is 16.3.